The second-order valence-corrected chi connectivity index (χ2v) is 8.30. The van der Waals surface area contributed by atoms with Crippen molar-refractivity contribution < 1.29 is 17.7 Å². The molecule has 1 aliphatic heterocycles. The number of rotatable bonds is 7. The minimum Gasteiger partial charge on any atom is -0.340 e. The Morgan fingerprint density at radius 2 is 2.19 bits per heavy atom. The summed E-state index contributed by atoms with van der Waals surface area (Å²) in [5.41, 5.74) is 2.16. The Morgan fingerprint density at radius 3 is 2.88 bits per heavy atom. The van der Waals surface area contributed by atoms with Crippen LogP contribution in [0.2, 0.25) is 0 Å². The SMILES string of the molecule is CCCCS(=O)(=O)N1CCc2ccc(NC(=O)Cc3noc(C)n3)cc21. The maximum atomic E-state index is 12.5. The summed E-state index contributed by atoms with van der Waals surface area (Å²) in [7, 11) is -3.34. The molecule has 0 fully saturated rings. The van der Waals surface area contributed by atoms with Gasteiger partial charge in [0.1, 0.15) is 0 Å². The van der Waals surface area contributed by atoms with Crippen LogP contribution in [-0.4, -0.2) is 36.8 Å². The predicted octanol–water partition coefficient (Wildman–Crippen LogP) is 2.05. The van der Waals surface area contributed by atoms with Crippen LogP contribution in [0, 0.1) is 6.92 Å². The molecule has 0 aliphatic carbocycles. The van der Waals surface area contributed by atoms with E-state index < -0.39 is 10.0 Å². The van der Waals surface area contributed by atoms with E-state index in [9.17, 15) is 13.2 Å². The molecule has 9 heteroatoms. The van der Waals surface area contributed by atoms with Crippen LogP contribution in [0.1, 0.15) is 37.0 Å². The number of nitrogens with zero attached hydrogens (tertiary/aromatic N) is 3. The minimum atomic E-state index is -3.34. The second-order valence-electron chi connectivity index (χ2n) is 6.29. The third-order valence-electron chi connectivity index (χ3n) is 4.20. The van der Waals surface area contributed by atoms with Crippen molar-refractivity contribution in [2.75, 3.05) is 21.9 Å². The molecule has 1 N–H and O–H groups in total. The molecule has 0 spiro atoms. The Labute approximate surface area is 152 Å². The molecule has 0 saturated heterocycles. The van der Waals surface area contributed by atoms with E-state index in [1.807, 2.05) is 13.0 Å². The van der Waals surface area contributed by atoms with E-state index in [-0.39, 0.29) is 18.1 Å². The zero-order valence-corrected chi connectivity index (χ0v) is 15.7. The molecule has 140 valence electrons. The molecule has 1 aromatic heterocycles. The van der Waals surface area contributed by atoms with Gasteiger partial charge in [-0.2, -0.15) is 4.98 Å². The number of fused-ring (bicyclic) bond motifs is 1. The highest BCUT2D eigenvalue weighted by atomic mass is 32.2. The van der Waals surface area contributed by atoms with Gasteiger partial charge in [-0.15, -0.1) is 0 Å². The fourth-order valence-corrected chi connectivity index (χ4v) is 4.63. The third kappa shape index (κ3) is 4.04. The summed E-state index contributed by atoms with van der Waals surface area (Å²) in [5, 5.41) is 6.46. The van der Waals surface area contributed by atoms with Crippen LogP contribution < -0.4 is 9.62 Å². The van der Waals surface area contributed by atoms with E-state index in [1.54, 1.807) is 19.1 Å². The first-order valence-corrected chi connectivity index (χ1v) is 10.2. The molecule has 3 rings (SSSR count). The summed E-state index contributed by atoms with van der Waals surface area (Å²) in [5.74, 6) is 0.559. The van der Waals surface area contributed by atoms with Crippen molar-refractivity contribution in [1.29, 1.82) is 0 Å². The molecular weight excluding hydrogens is 356 g/mol. The second kappa shape index (κ2) is 7.45. The number of nitrogens with one attached hydrogen (secondary N) is 1. The number of benzene rings is 1. The van der Waals surface area contributed by atoms with Crippen LogP contribution in [0.3, 0.4) is 0 Å². The molecule has 0 bridgehead atoms. The van der Waals surface area contributed by atoms with Gasteiger partial charge in [0.05, 0.1) is 17.9 Å². The number of carbonyl (C=O) groups excluding carboxylic acids is 1. The Balaban J connectivity index is 1.73. The van der Waals surface area contributed by atoms with Gasteiger partial charge in [-0.1, -0.05) is 24.6 Å². The maximum Gasteiger partial charge on any atom is 0.235 e. The number of aromatic nitrogens is 2. The number of carbonyl (C=O) groups is 1. The molecule has 1 aromatic carbocycles. The van der Waals surface area contributed by atoms with Crippen molar-refractivity contribution in [3.63, 3.8) is 0 Å². The number of unbranched alkanes of at least 4 members (excludes halogenated alkanes) is 1. The van der Waals surface area contributed by atoms with Gasteiger partial charge >= 0.3 is 0 Å². The maximum absolute atomic E-state index is 12.5. The van der Waals surface area contributed by atoms with Crippen LogP contribution in [0.25, 0.3) is 0 Å². The normalized spacial score (nSPS) is 13.7. The Bertz CT molecular complexity index is 907. The van der Waals surface area contributed by atoms with Crippen LogP contribution >= 0.6 is 0 Å². The molecule has 0 radical (unpaired) electrons. The van der Waals surface area contributed by atoms with Crippen molar-refractivity contribution in [2.24, 2.45) is 0 Å². The highest BCUT2D eigenvalue weighted by Crippen LogP contribution is 2.33. The van der Waals surface area contributed by atoms with E-state index in [2.05, 4.69) is 15.5 Å². The smallest absolute Gasteiger partial charge is 0.235 e. The lowest BCUT2D eigenvalue weighted by Crippen LogP contribution is -2.31. The van der Waals surface area contributed by atoms with Gasteiger partial charge in [0.15, 0.2) is 5.82 Å². The van der Waals surface area contributed by atoms with E-state index in [0.717, 1.165) is 12.0 Å². The standard InChI is InChI=1S/C17H22N4O4S/c1-3-4-9-26(23,24)21-8-7-13-5-6-14(10-15(13)21)19-17(22)11-16-18-12(2)25-20-16/h5-6,10H,3-4,7-9,11H2,1-2H3,(H,19,22). The predicted molar refractivity (Wildman–Crippen MR) is 97.6 cm³/mol. The average molecular weight is 378 g/mol. The van der Waals surface area contributed by atoms with Gasteiger partial charge in [0, 0.05) is 19.2 Å². The first kappa shape index (κ1) is 18.4. The number of hydrogen-bond acceptors (Lipinski definition) is 6. The molecule has 26 heavy (non-hydrogen) atoms. The molecule has 8 nitrogen and oxygen atoms in total. The molecule has 1 amide bonds. The van der Waals surface area contributed by atoms with Crippen molar-refractivity contribution >= 4 is 27.3 Å². The topological polar surface area (TPSA) is 105 Å². The van der Waals surface area contributed by atoms with Crippen molar-refractivity contribution in [3.05, 3.63) is 35.5 Å². The van der Waals surface area contributed by atoms with Gasteiger partial charge in [0.25, 0.3) is 0 Å². The molecule has 1 aliphatic rings. The number of amides is 1. The summed E-state index contributed by atoms with van der Waals surface area (Å²) in [6, 6.07) is 5.35. The highest BCUT2D eigenvalue weighted by molar-refractivity contribution is 7.92. The fraction of sp³-hybridized carbons (Fsp3) is 0.471. The fourth-order valence-electron chi connectivity index (χ4n) is 2.92. The highest BCUT2D eigenvalue weighted by Gasteiger charge is 2.29. The van der Waals surface area contributed by atoms with Crippen LogP contribution in [0.15, 0.2) is 22.7 Å². The number of anilines is 2. The van der Waals surface area contributed by atoms with E-state index in [4.69, 9.17) is 4.52 Å². The first-order valence-electron chi connectivity index (χ1n) is 8.61. The summed E-state index contributed by atoms with van der Waals surface area (Å²) >= 11 is 0. The zero-order valence-electron chi connectivity index (χ0n) is 14.9. The summed E-state index contributed by atoms with van der Waals surface area (Å²) in [4.78, 5) is 16.1. The molecule has 2 aromatic rings. The van der Waals surface area contributed by atoms with Gasteiger partial charge in [0.2, 0.25) is 21.8 Å². The minimum absolute atomic E-state index is 0.00701. The largest absolute Gasteiger partial charge is 0.340 e. The van der Waals surface area contributed by atoms with Crippen LogP contribution in [0.5, 0.6) is 0 Å². The van der Waals surface area contributed by atoms with Crippen LogP contribution in [0.4, 0.5) is 11.4 Å². The lowest BCUT2D eigenvalue weighted by molar-refractivity contribution is -0.115. The first-order chi connectivity index (χ1) is 12.4. The molecule has 2 heterocycles. The van der Waals surface area contributed by atoms with E-state index in [0.29, 0.717) is 42.5 Å². The zero-order chi connectivity index (χ0) is 18.7. The van der Waals surface area contributed by atoms with Crippen LogP contribution in [-0.2, 0) is 27.7 Å². The quantitative estimate of drug-likeness (QED) is 0.790. The Morgan fingerprint density at radius 1 is 1.38 bits per heavy atom. The van der Waals surface area contributed by atoms with Gasteiger partial charge in [-0.3, -0.25) is 9.10 Å². The Kier molecular flexibility index (Phi) is 5.26. The third-order valence-corrected chi connectivity index (χ3v) is 6.06. The molecule has 0 atom stereocenters. The summed E-state index contributed by atoms with van der Waals surface area (Å²) in [6.45, 7) is 4.07. The monoisotopic (exact) mass is 378 g/mol. The van der Waals surface area contributed by atoms with Gasteiger partial charge < -0.3 is 9.84 Å². The molecular formula is C17H22N4O4S. The summed E-state index contributed by atoms with van der Waals surface area (Å²) in [6.07, 6.45) is 2.13. The number of aryl methyl sites for hydroxylation is 1. The van der Waals surface area contributed by atoms with E-state index >= 15 is 0 Å². The summed E-state index contributed by atoms with van der Waals surface area (Å²) < 4.78 is 31.4. The van der Waals surface area contributed by atoms with Gasteiger partial charge in [-0.25, -0.2) is 8.42 Å². The van der Waals surface area contributed by atoms with Crippen molar-refractivity contribution in [3.8, 4) is 0 Å². The number of hydrogen-bond donors (Lipinski definition) is 1. The molecule has 0 saturated carbocycles. The van der Waals surface area contributed by atoms with Crippen molar-refractivity contribution in [2.45, 2.75) is 39.5 Å². The van der Waals surface area contributed by atoms with Crippen molar-refractivity contribution in [1.82, 2.24) is 10.1 Å². The number of sulfonamides is 1. The average Bonchev–Trinajstić information content (AvgIpc) is 3.19. The van der Waals surface area contributed by atoms with Gasteiger partial charge in [-0.05, 0) is 30.5 Å². The lowest BCUT2D eigenvalue weighted by atomic mass is 10.1. The van der Waals surface area contributed by atoms with E-state index in [1.165, 1.54) is 4.31 Å². The Hall–Kier alpha value is -2.42. The molecule has 0 unspecified atom stereocenters. The lowest BCUT2D eigenvalue weighted by Gasteiger charge is -2.20.